The molecule has 0 atom stereocenters. The molecule has 2 heterocycles. The van der Waals surface area contributed by atoms with Gasteiger partial charge in [0.15, 0.2) is 9.84 Å². The van der Waals surface area contributed by atoms with Gasteiger partial charge in [0.2, 0.25) is 0 Å². The molecule has 0 aliphatic rings. The van der Waals surface area contributed by atoms with Crippen molar-refractivity contribution in [2.24, 2.45) is 0 Å². The number of fused-ring (bicyclic) bond motifs is 1. The summed E-state index contributed by atoms with van der Waals surface area (Å²) in [6.45, 7) is 3.79. The number of hydrogen-bond donors (Lipinski definition) is 0. The molecule has 0 radical (unpaired) electrons. The van der Waals surface area contributed by atoms with Gasteiger partial charge in [-0.15, -0.1) is 0 Å². The highest BCUT2D eigenvalue weighted by Gasteiger charge is 2.26. The van der Waals surface area contributed by atoms with Crippen LogP contribution in [0.4, 0.5) is 0 Å². The fraction of sp³-hybridized carbons (Fsp3) is 0.250. The predicted molar refractivity (Wildman–Crippen MR) is 99.8 cm³/mol. The number of nitrogens with zero attached hydrogens (tertiary/aromatic N) is 1. The van der Waals surface area contributed by atoms with Gasteiger partial charge in [-0.1, -0.05) is 36.4 Å². The molecule has 0 aliphatic heterocycles. The van der Waals surface area contributed by atoms with Crippen LogP contribution in [0.1, 0.15) is 23.7 Å². The molecule has 5 nitrogen and oxygen atoms in total. The number of carbonyl (C=O) groups excluding carboxylic acids is 1. The number of benzene rings is 1. The van der Waals surface area contributed by atoms with Crippen LogP contribution in [0.5, 0.6) is 0 Å². The second-order valence-electron chi connectivity index (χ2n) is 6.08. The Morgan fingerprint density at radius 2 is 1.77 bits per heavy atom. The summed E-state index contributed by atoms with van der Waals surface area (Å²) in [5.41, 5.74) is 2.56. The molecule has 0 unspecified atom stereocenters. The van der Waals surface area contributed by atoms with Crippen LogP contribution in [-0.4, -0.2) is 25.4 Å². The Balaban J connectivity index is 2.11. The molecule has 136 valence electrons. The zero-order chi connectivity index (χ0) is 18.7. The van der Waals surface area contributed by atoms with Crippen LogP contribution in [0.2, 0.25) is 0 Å². The summed E-state index contributed by atoms with van der Waals surface area (Å²) in [6.07, 6.45) is 1.81. The lowest BCUT2D eigenvalue weighted by molar-refractivity contribution is -0.142. The first-order chi connectivity index (χ1) is 12.4. The summed E-state index contributed by atoms with van der Waals surface area (Å²) >= 11 is 0. The third kappa shape index (κ3) is 3.51. The Hall–Kier alpha value is -2.60. The molecular formula is C20H21NO4S. The van der Waals surface area contributed by atoms with E-state index < -0.39 is 9.84 Å². The molecule has 0 saturated heterocycles. The van der Waals surface area contributed by atoms with E-state index in [1.807, 2.05) is 24.3 Å². The Kier molecular flexibility index (Phi) is 5.13. The summed E-state index contributed by atoms with van der Waals surface area (Å²) in [7, 11) is -3.57. The average Bonchev–Trinajstić information content (AvgIpc) is 2.88. The Labute approximate surface area is 153 Å². The van der Waals surface area contributed by atoms with Crippen molar-refractivity contribution in [3.8, 4) is 0 Å². The smallest absolute Gasteiger partial charge is 0.311 e. The monoisotopic (exact) mass is 371 g/mol. The van der Waals surface area contributed by atoms with Gasteiger partial charge < -0.3 is 9.14 Å². The van der Waals surface area contributed by atoms with Gasteiger partial charge in [0, 0.05) is 11.9 Å². The van der Waals surface area contributed by atoms with Crippen molar-refractivity contribution in [1.82, 2.24) is 4.40 Å². The second-order valence-corrected chi connectivity index (χ2v) is 8.01. The maximum Gasteiger partial charge on any atom is 0.311 e. The third-order valence-electron chi connectivity index (χ3n) is 4.28. The molecule has 0 fully saturated rings. The van der Waals surface area contributed by atoms with E-state index >= 15 is 0 Å². The van der Waals surface area contributed by atoms with Gasteiger partial charge in [-0.25, -0.2) is 8.42 Å². The van der Waals surface area contributed by atoms with E-state index in [0.717, 1.165) is 5.56 Å². The van der Waals surface area contributed by atoms with Crippen molar-refractivity contribution in [3.05, 3.63) is 71.5 Å². The molecule has 26 heavy (non-hydrogen) atoms. The Morgan fingerprint density at radius 3 is 2.46 bits per heavy atom. The summed E-state index contributed by atoms with van der Waals surface area (Å²) in [5.74, 6) is -0.451. The summed E-state index contributed by atoms with van der Waals surface area (Å²) in [4.78, 5) is 12.3. The van der Waals surface area contributed by atoms with Gasteiger partial charge in [0.1, 0.15) is 0 Å². The minimum absolute atomic E-state index is 0.0334. The number of esters is 1. The van der Waals surface area contributed by atoms with Gasteiger partial charge in [0.05, 0.1) is 29.2 Å². The lowest BCUT2D eigenvalue weighted by Crippen LogP contribution is -2.10. The molecule has 0 bridgehead atoms. The van der Waals surface area contributed by atoms with E-state index in [0.29, 0.717) is 23.4 Å². The van der Waals surface area contributed by atoms with Crippen LogP contribution in [0.15, 0.2) is 59.6 Å². The Bertz CT molecular complexity index is 1040. The molecule has 1 aromatic carbocycles. The normalized spacial score (nSPS) is 11.6. The molecule has 3 aromatic rings. The van der Waals surface area contributed by atoms with Crippen LogP contribution in [0, 0.1) is 6.92 Å². The van der Waals surface area contributed by atoms with Crippen molar-refractivity contribution in [3.63, 3.8) is 0 Å². The summed E-state index contributed by atoms with van der Waals surface area (Å²) < 4.78 is 33.1. The molecule has 0 saturated carbocycles. The lowest BCUT2D eigenvalue weighted by Gasteiger charge is -2.06. The number of pyridine rings is 1. The number of sulfone groups is 1. The molecule has 3 rings (SSSR count). The molecule has 0 spiro atoms. The maximum atomic E-state index is 13.1. The largest absolute Gasteiger partial charge is 0.466 e. The highest BCUT2D eigenvalue weighted by atomic mass is 32.2. The fourth-order valence-electron chi connectivity index (χ4n) is 3.19. The highest BCUT2D eigenvalue weighted by molar-refractivity contribution is 7.91. The number of rotatable bonds is 6. The van der Waals surface area contributed by atoms with Crippen molar-refractivity contribution in [1.29, 1.82) is 0 Å². The first-order valence-electron chi connectivity index (χ1n) is 8.45. The average molecular weight is 371 g/mol. The van der Waals surface area contributed by atoms with Crippen LogP contribution in [0.3, 0.4) is 0 Å². The van der Waals surface area contributed by atoms with Crippen molar-refractivity contribution in [2.45, 2.75) is 30.9 Å². The highest BCUT2D eigenvalue weighted by Crippen LogP contribution is 2.30. The van der Waals surface area contributed by atoms with Crippen LogP contribution >= 0.6 is 0 Å². The van der Waals surface area contributed by atoms with E-state index in [1.54, 1.807) is 48.7 Å². The quantitative estimate of drug-likeness (QED) is 0.624. The SMILES string of the molecule is CCOC(=O)Cc1c(C)c(S(=O)(=O)Cc2ccccc2)c2ccccn12. The van der Waals surface area contributed by atoms with Crippen molar-refractivity contribution in [2.75, 3.05) is 6.61 Å². The first kappa shape index (κ1) is 18.2. The standard InChI is InChI=1S/C20H21NO4S/c1-3-25-19(22)13-18-15(2)20(17-11-7-8-12-21(17)18)26(23,24)14-16-9-5-4-6-10-16/h4-12H,3,13-14H2,1-2H3. The van der Waals surface area contributed by atoms with Gasteiger partial charge in [-0.3, -0.25) is 4.79 Å². The lowest BCUT2D eigenvalue weighted by atomic mass is 10.2. The van der Waals surface area contributed by atoms with E-state index in [4.69, 9.17) is 4.74 Å². The minimum atomic E-state index is -3.57. The summed E-state index contributed by atoms with van der Waals surface area (Å²) in [5, 5.41) is 0. The van der Waals surface area contributed by atoms with Crippen molar-refractivity contribution >= 4 is 21.3 Å². The number of carbonyl (C=O) groups is 1. The van der Waals surface area contributed by atoms with Gasteiger partial charge in [-0.2, -0.15) is 0 Å². The Morgan fingerprint density at radius 1 is 1.08 bits per heavy atom. The maximum absolute atomic E-state index is 13.1. The van der Waals surface area contributed by atoms with Crippen LogP contribution < -0.4 is 0 Å². The van der Waals surface area contributed by atoms with Gasteiger partial charge >= 0.3 is 5.97 Å². The zero-order valence-corrected chi connectivity index (χ0v) is 15.6. The number of hydrogen-bond acceptors (Lipinski definition) is 4. The minimum Gasteiger partial charge on any atom is -0.466 e. The van der Waals surface area contributed by atoms with E-state index in [2.05, 4.69) is 0 Å². The first-order valence-corrected chi connectivity index (χ1v) is 10.1. The number of ether oxygens (including phenoxy) is 1. The second kappa shape index (κ2) is 7.33. The predicted octanol–water partition coefficient (Wildman–Crippen LogP) is 3.33. The topological polar surface area (TPSA) is 64.9 Å². The molecular weight excluding hydrogens is 350 g/mol. The third-order valence-corrected chi connectivity index (χ3v) is 6.14. The number of aromatic nitrogens is 1. The van der Waals surface area contributed by atoms with Gasteiger partial charge in [0.25, 0.3) is 0 Å². The van der Waals surface area contributed by atoms with E-state index in [1.165, 1.54) is 0 Å². The van der Waals surface area contributed by atoms with Crippen LogP contribution in [-0.2, 0) is 31.5 Å². The van der Waals surface area contributed by atoms with E-state index in [-0.39, 0.29) is 23.0 Å². The molecule has 0 amide bonds. The van der Waals surface area contributed by atoms with Crippen molar-refractivity contribution < 1.29 is 17.9 Å². The molecule has 6 heteroatoms. The van der Waals surface area contributed by atoms with Crippen LogP contribution in [0.25, 0.3) is 5.52 Å². The molecule has 0 N–H and O–H groups in total. The van der Waals surface area contributed by atoms with E-state index in [9.17, 15) is 13.2 Å². The molecule has 2 aromatic heterocycles. The summed E-state index contributed by atoms with van der Waals surface area (Å²) in [6, 6.07) is 14.5. The fourth-order valence-corrected chi connectivity index (χ4v) is 5.04. The molecule has 0 aliphatic carbocycles. The van der Waals surface area contributed by atoms with Gasteiger partial charge in [-0.05, 0) is 37.1 Å². The zero-order valence-electron chi connectivity index (χ0n) is 14.8.